The Morgan fingerprint density at radius 1 is 1.37 bits per heavy atom. The SMILES string of the molecule is Cc1cc2cc(C(=O)[C@H]3C[C@H]3C(C)C)cc(Cl)c2o1. The molecule has 1 aliphatic carbocycles. The molecule has 1 aromatic heterocycles. The fourth-order valence-electron chi connectivity index (χ4n) is 2.85. The van der Waals surface area contributed by atoms with Gasteiger partial charge in [0.25, 0.3) is 0 Å². The molecule has 0 bridgehead atoms. The molecular formula is C16H17ClO2. The van der Waals surface area contributed by atoms with Crippen LogP contribution in [0.2, 0.25) is 5.02 Å². The van der Waals surface area contributed by atoms with E-state index < -0.39 is 0 Å². The smallest absolute Gasteiger partial charge is 0.166 e. The average Bonchev–Trinajstić information content (AvgIpc) is 3.05. The number of hydrogen-bond donors (Lipinski definition) is 0. The van der Waals surface area contributed by atoms with Crippen molar-refractivity contribution in [2.24, 2.45) is 17.8 Å². The first-order valence-electron chi connectivity index (χ1n) is 6.71. The van der Waals surface area contributed by atoms with Crippen LogP contribution < -0.4 is 0 Å². The molecule has 0 unspecified atom stereocenters. The Morgan fingerprint density at radius 3 is 2.74 bits per heavy atom. The zero-order valence-corrected chi connectivity index (χ0v) is 12.1. The molecule has 1 fully saturated rings. The van der Waals surface area contributed by atoms with E-state index in [0.717, 1.165) is 17.6 Å². The summed E-state index contributed by atoms with van der Waals surface area (Å²) in [7, 11) is 0. The lowest BCUT2D eigenvalue weighted by Gasteiger charge is -2.04. The third-order valence-electron chi connectivity index (χ3n) is 4.01. The minimum absolute atomic E-state index is 0.182. The van der Waals surface area contributed by atoms with Crippen molar-refractivity contribution in [1.29, 1.82) is 0 Å². The third-order valence-corrected chi connectivity index (χ3v) is 4.29. The molecule has 0 amide bonds. The van der Waals surface area contributed by atoms with Gasteiger partial charge in [0.2, 0.25) is 0 Å². The molecule has 2 nitrogen and oxygen atoms in total. The molecule has 0 N–H and O–H groups in total. The van der Waals surface area contributed by atoms with Crippen LogP contribution in [0.1, 0.15) is 36.4 Å². The van der Waals surface area contributed by atoms with Crippen LogP contribution in [0.3, 0.4) is 0 Å². The normalized spacial score (nSPS) is 22.2. The average molecular weight is 277 g/mol. The minimum Gasteiger partial charge on any atom is -0.460 e. The predicted octanol–water partition coefficient (Wildman–Crippen LogP) is 4.87. The number of halogens is 1. The minimum atomic E-state index is 0.182. The first-order valence-corrected chi connectivity index (χ1v) is 7.09. The van der Waals surface area contributed by atoms with Crippen molar-refractivity contribution in [3.8, 4) is 0 Å². The van der Waals surface area contributed by atoms with Crippen molar-refractivity contribution < 1.29 is 9.21 Å². The van der Waals surface area contributed by atoms with Crippen molar-refractivity contribution in [2.75, 3.05) is 0 Å². The van der Waals surface area contributed by atoms with Gasteiger partial charge in [0.1, 0.15) is 5.76 Å². The topological polar surface area (TPSA) is 30.2 Å². The van der Waals surface area contributed by atoms with E-state index in [9.17, 15) is 4.79 Å². The number of carbonyl (C=O) groups is 1. The highest BCUT2D eigenvalue weighted by Gasteiger charge is 2.44. The van der Waals surface area contributed by atoms with Crippen LogP contribution >= 0.6 is 11.6 Å². The number of furan rings is 1. The van der Waals surface area contributed by atoms with E-state index in [2.05, 4.69) is 13.8 Å². The third kappa shape index (κ3) is 2.18. The summed E-state index contributed by atoms with van der Waals surface area (Å²) in [6.07, 6.45) is 1.01. The van der Waals surface area contributed by atoms with Gasteiger partial charge in [-0.15, -0.1) is 0 Å². The molecule has 2 aromatic rings. The Morgan fingerprint density at radius 2 is 2.11 bits per heavy atom. The molecule has 100 valence electrons. The molecule has 3 rings (SSSR count). The van der Waals surface area contributed by atoms with Crippen LogP contribution in [0.25, 0.3) is 11.0 Å². The second-order valence-electron chi connectivity index (χ2n) is 5.85. The molecule has 3 heteroatoms. The molecule has 1 heterocycles. The number of fused-ring (bicyclic) bond motifs is 1. The Balaban J connectivity index is 1.95. The monoisotopic (exact) mass is 276 g/mol. The summed E-state index contributed by atoms with van der Waals surface area (Å²) >= 11 is 6.20. The quantitative estimate of drug-likeness (QED) is 0.749. The highest BCUT2D eigenvalue weighted by atomic mass is 35.5. The number of carbonyl (C=O) groups excluding carboxylic acids is 1. The predicted molar refractivity (Wildman–Crippen MR) is 76.7 cm³/mol. The maximum Gasteiger partial charge on any atom is 0.166 e. The Bertz CT molecular complexity index is 654. The van der Waals surface area contributed by atoms with Gasteiger partial charge in [0.05, 0.1) is 5.02 Å². The molecule has 1 aromatic carbocycles. The van der Waals surface area contributed by atoms with E-state index >= 15 is 0 Å². The van der Waals surface area contributed by atoms with Gasteiger partial charge >= 0.3 is 0 Å². The molecule has 1 aliphatic rings. The van der Waals surface area contributed by atoms with E-state index in [-0.39, 0.29) is 11.7 Å². The Kier molecular flexibility index (Phi) is 2.94. The van der Waals surface area contributed by atoms with Crippen LogP contribution in [0.5, 0.6) is 0 Å². The number of ketones is 1. The zero-order valence-electron chi connectivity index (χ0n) is 11.4. The van der Waals surface area contributed by atoms with Gasteiger partial charge in [0, 0.05) is 16.9 Å². The van der Waals surface area contributed by atoms with Crippen molar-refractivity contribution in [2.45, 2.75) is 27.2 Å². The van der Waals surface area contributed by atoms with Gasteiger partial charge in [0.15, 0.2) is 11.4 Å². The molecule has 2 atom stereocenters. The highest BCUT2D eigenvalue weighted by Crippen LogP contribution is 2.46. The van der Waals surface area contributed by atoms with Gasteiger partial charge < -0.3 is 4.42 Å². The maximum atomic E-state index is 12.4. The second-order valence-corrected chi connectivity index (χ2v) is 6.25. The maximum absolute atomic E-state index is 12.4. The molecule has 0 saturated heterocycles. The molecule has 1 saturated carbocycles. The molecule has 19 heavy (non-hydrogen) atoms. The van der Waals surface area contributed by atoms with E-state index in [0.29, 0.717) is 28.0 Å². The van der Waals surface area contributed by atoms with Gasteiger partial charge in [-0.3, -0.25) is 4.79 Å². The van der Waals surface area contributed by atoms with Crippen LogP contribution in [0, 0.1) is 24.7 Å². The lowest BCUT2D eigenvalue weighted by atomic mass is 10.0. The van der Waals surface area contributed by atoms with E-state index in [1.165, 1.54) is 0 Å². The van der Waals surface area contributed by atoms with Crippen molar-refractivity contribution in [3.63, 3.8) is 0 Å². The van der Waals surface area contributed by atoms with Crippen LogP contribution in [0.4, 0.5) is 0 Å². The number of hydrogen-bond acceptors (Lipinski definition) is 2. The van der Waals surface area contributed by atoms with Crippen LogP contribution in [-0.2, 0) is 0 Å². The van der Waals surface area contributed by atoms with Gasteiger partial charge in [-0.05, 0) is 43.4 Å². The van der Waals surface area contributed by atoms with Gasteiger partial charge in [-0.1, -0.05) is 25.4 Å². The summed E-state index contributed by atoms with van der Waals surface area (Å²) in [5.74, 6) is 2.33. The van der Waals surface area contributed by atoms with Crippen molar-refractivity contribution in [3.05, 3.63) is 34.5 Å². The molecule has 0 aliphatic heterocycles. The number of Topliss-reactive ketones (excluding diaryl/α,β-unsaturated/α-hetero) is 1. The lowest BCUT2D eigenvalue weighted by molar-refractivity contribution is 0.0957. The van der Waals surface area contributed by atoms with E-state index in [4.69, 9.17) is 16.0 Å². The summed E-state index contributed by atoms with van der Waals surface area (Å²) in [4.78, 5) is 12.4. The van der Waals surface area contributed by atoms with Crippen LogP contribution in [0.15, 0.2) is 22.6 Å². The summed E-state index contributed by atoms with van der Waals surface area (Å²) in [6, 6.07) is 5.56. The highest BCUT2D eigenvalue weighted by molar-refractivity contribution is 6.35. The van der Waals surface area contributed by atoms with E-state index in [1.807, 2.05) is 19.1 Å². The summed E-state index contributed by atoms with van der Waals surface area (Å²) in [5.41, 5.74) is 1.39. The van der Waals surface area contributed by atoms with Crippen molar-refractivity contribution in [1.82, 2.24) is 0 Å². The number of rotatable bonds is 3. The lowest BCUT2D eigenvalue weighted by Crippen LogP contribution is -2.05. The van der Waals surface area contributed by atoms with Gasteiger partial charge in [-0.25, -0.2) is 0 Å². The van der Waals surface area contributed by atoms with Crippen LogP contribution in [-0.4, -0.2) is 5.78 Å². The summed E-state index contributed by atoms with van der Waals surface area (Å²) in [5, 5.41) is 1.44. The first-order chi connectivity index (χ1) is 8.97. The molecular weight excluding hydrogens is 260 g/mol. The Labute approximate surface area is 117 Å². The largest absolute Gasteiger partial charge is 0.460 e. The molecule has 0 spiro atoms. The zero-order chi connectivity index (χ0) is 13.7. The first kappa shape index (κ1) is 12.7. The Hall–Kier alpha value is -1.28. The summed E-state index contributed by atoms with van der Waals surface area (Å²) < 4.78 is 5.53. The summed E-state index contributed by atoms with van der Waals surface area (Å²) in [6.45, 7) is 6.23. The number of benzene rings is 1. The van der Waals surface area contributed by atoms with Crippen molar-refractivity contribution >= 4 is 28.4 Å². The molecule has 0 radical (unpaired) electrons. The fourth-order valence-corrected chi connectivity index (χ4v) is 3.11. The van der Waals surface area contributed by atoms with E-state index in [1.54, 1.807) is 6.07 Å². The standard InChI is InChI=1S/C16H17ClO2/c1-8(2)12-7-13(12)15(18)10-5-11-4-9(3)19-16(11)14(17)6-10/h4-6,8,12-13H,7H2,1-3H3/t12-,13-/m0/s1. The van der Waals surface area contributed by atoms with Gasteiger partial charge in [-0.2, -0.15) is 0 Å². The second kappa shape index (κ2) is 4.38. The number of aryl methyl sites for hydroxylation is 1. The fraction of sp³-hybridized carbons (Fsp3) is 0.438.